The number of aliphatic hydroxyl groups excluding tert-OH is 2. The number of nitrogens with zero attached hydrogens (tertiary/aromatic N) is 1. The Hall–Kier alpha value is -1.61. The van der Waals surface area contributed by atoms with Crippen LogP contribution in [0.2, 0.25) is 0 Å². The van der Waals surface area contributed by atoms with Crippen molar-refractivity contribution in [2.75, 3.05) is 0 Å². The Balaban J connectivity index is 1.88. The van der Waals surface area contributed by atoms with Crippen molar-refractivity contribution in [3.63, 3.8) is 0 Å². The Labute approximate surface area is 225 Å². The number of carbonyl (C=O) groups excluding carboxylic acids is 2. The third kappa shape index (κ3) is 7.28. The summed E-state index contributed by atoms with van der Waals surface area (Å²) in [7, 11) is 0. The highest BCUT2D eigenvalue weighted by molar-refractivity contribution is 7.09. The summed E-state index contributed by atoms with van der Waals surface area (Å²) in [5.74, 6) is -1.42. The summed E-state index contributed by atoms with van der Waals surface area (Å²) in [5.41, 5.74) is 0.184. The molecule has 2 aliphatic heterocycles. The summed E-state index contributed by atoms with van der Waals surface area (Å²) >= 11 is 1.56. The van der Waals surface area contributed by atoms with E-state index in [4.69, 9.17) is 9.47 Å². The molecule has 0 aromatic carbocycles. The van der Waals surface area contributed by atoms with Gasteiger partial charge in [0.1, 0.15) is 11.9 Å². The molecule has 2 fully saturated rings. The number of aliphatic hydroxyl groups is 2. The average Bonchev–Trinajstić information content (AvgIpc) is 3.27. The standard InChI is InChI=1S/C29H45NO6S/c1-8-10-21-26(33)17(2)11-9-12-29(7)24(36-29)14-22(18(3)13-20-16-37-19(4)30-20)35-25(32)15-23(31)28(5,6)27(21)34/h13,16-17,21-24,26,31,33H,8-12,14-15H2,1-7H3. The highest BCUT2D eigenvalue weighted by Gasteiger charge is 2.53. The zero-order chi connectivity index (χ0) is 27.5. The lowest BCUT2D eigenvalue weighted by Crippen LogP contribution is -2.46. The Morgan fingerprint density at radius 3 is 2.59 bits per heavy atom. The van der Waals surface area contributed by atoms with Crippen molar-refractivity contribution < 1.29 is 29.3 Å². The van der Waals surface area contributed by atoms with Crippen molar-refractivity contribution in [2.45, 2.75) is 123 Å². The van der Waals surface area contributed by atoms with Crippen LogP contribution in [0, 0.1) is 24.2 Å². The largest absolute Gasteiger partial charge is 0.458 e. The van der Waals surface area contributed by atoms with Crippen LogP contribution in [0.4, 0.5) is 0 Å². The van der Waals surface area contributed by atoms with Crippen molar-refractivity contribution in [1.82, 2.24) is 4.98 Å². The third-order valence-electron chi connectivity index (χ3n) is 8.35. The van der Waals surface area contributed by atoms with Crippen LogP contribution in [-0.4, -0.2) is 57.0 Å². The molecule has 0 amide bonds. The van der Waals surface area contributed by atoms with Gasteiger partial charge >= 0.3 is 5.97 Å². The van der Waals surface area contributed by atoms with Crippen molar-refractivity contribution in [1.29, 1.82) is 0 Å². The molecule has 1 aromatic heterocycles. The van der Waals surface area contributed by atoms with E-state index in [1.807, 2.05) is 39.2 Å². The van der Waals surface area contributed by atoms with Gasteiger partial charge in [0.15, 0.2) is 0 Å². The zero-order valence-electron chi connectivity index (χ0n) is 23.5. The number of Topliss-reactive ketones (excluding diaryl/α,β-unsaturated/α-hetero) is 1. The lowest BCUT2D eigenvalue weighted by Gasteiger charge is -2.36. The van der Waals surface area contributed by atoms with Crippen LogP contribution in [0.25, 0.3) is 6.08 Å². The number of carbonyl (C=O) groups is 2. The number of epoxide rings is 1. The van der Waals surface area contributed by atoms with Gasteiger partial charge in [-0.25, -0.2) is 4.98 Å². The first kappa shape index (κ1) is 29.9. The van der Waals surface area contributed by atoms with Gasteiger partial charge in [-0.3, -0.25) is 9.59 Å². The third-order valence-corrected chi connectivity index (χ3v) is 9.14. The van der Waals surface area contributed by atoms with Gasteiger partial charge in [-0.15, -0.1) is 11.3 Å². The van der Waals surface area contributed by atoms with E-state index >= 15 is 0 Å². The molecule has 0 saturated carbocycles. The minimum atomic E-state index is -1.23. The minimum absolute atomic E-state index is 0.0465. The molecule has 37 heavy (non-hydrogen) atoms. The number of fused-ring (bicyclic) bond motifs is 1. The van der Waals surface area contributed by atoms with E-state index < -0.39 is 35.6 Å². The fraction of sp³-hybridized carbons (Fsp3) is 0.759. The normalized spacial score (nSPS) is 36.1. The molecule has 0 radical (unpaired) electrons. The molecule has 0 aliphatic carbocycles. The van der Waals surface area contributed by atoms with E-state index in [0.29, 0.717) is 12.8 Å². The molecule has 2 saturated heterocycles. The predicted octanol–water partition coefficient (Wildman–Crippen LogP) is 5.26. The fourth-order valence-electron chi connectivity index (χ4n) is 5.47. The van der Waals surface area contributed by atoms with E-state index in [1.165, 1.54) is 0 Å². The Morgan fingerprint density at radius 2 is 1.97 bits per heavy atom. The highest BCUT2D eigenvalue weighted by atomic mass is 32.1. The number of ketones is 1. The van der Waals surface area contributed by atoms with Crippen LogP contribution in [-0.2, 0) is 19.1 Å². The first-order chi connectivity index (χ1) is 17.3. The average molecular weight is 536 g/mol. The van der Waals surface area contributed by atoms with Gasteiger partial charge in [0.05, 0.1) is 46.5 Å². The Bertz CT molecular complexity index is 987. The molecule has 1 aromatic rings. The van der Waals surface area contributed by atoms with Crippen LogP contribution in [0.1, 0.15) is 97.2 Å². The number of esters is 1. The number of aromatic nitrogens is 1. The SMILES string of the molecule is CCCC1C(=O)C(C)(C)C(O)CC(=O)OC(C(C)=Cc2csc(C)n2)CC2OC2(C)CCCC(C)C1O. The predicted molar refractivity (Wildman–Crippen MR) is 145 cm³/mol. The molecule has 7 nitrogen and oxygen atoms in total. The number of aryl methyl sites for hydroxylation is 1. The van der Waals surface area contributed by atoms with Crippen LogP contribution < -0.4 is 0 Å². The molecule has 7 unspecified atom stereocenters. The molecule has 0 spiro atoms. The van der Waals surface area contributed by atoms with Gasteiger partial charge in [-0.1, -0.05) is 40.5 Å². The number of thiazole rings is 1. The molecule has 8 heteroatoms. The van der Waals surface area contributed by atoms with Gasteiger partial charge in [0.25, 0.3) is 0 Å². The van der Waals surface area contributed by atoms with Gasteiger partial charge in [-0.05, 0) is 57.6 Å². The van der Waals surface area contributed by atoms with Crippen LogP contribution in [0.5, 0.6) is 0 Å². The number of cyclic esters (lactones) is 1. The number of hydrogen-bond donors (Lipinski definition) is 2. The summed E-state index contributed by atoms with van der Waals surface area (Å²) in [5, 5.41) is 25.1. The second-order valence-corrected chi connectivity index (χ2v) is 12.9. The van der Waals surface area contributed by atoms with Crippen LogP contribution in [0.3, 0.4) is 0 Å². The summed E-state index contributed by atoms with van der Waals surface area (Å²) in [6, 6.07) is 0. The van der Waals surface area contributed by atoms with E-state index in [2.05, 4.69) is 11.9 Å². The van der Waals surface area contributed by atoms with Gasteiger partial charge in [0.2, 0.25) is 0 Å². The Morgan fingerprint density at radius 1 is 1.27 bits per heavy atom. The van der Waals surface area contributed by atoms with E-state index in [0.717, 1.165) is 42.0 Å². The molecule has 3 rings (SSSR count). The molecular weight excluding hydrogens is 490 g/mol. The van der Waals surface area contributed by atoms with Gasteiger partial charge < -0.3 is 19.7 Å². The van der Waals surface area contributed by atoms with Gasteiger partial charge in [-0.2, -0.15) is 0 Å². The van der Waals surface area contributed by atoms with E-state index in [9.17, 15) is 19.8 Å². The number of rotatable bonds is 4. The summed E-state index contributed by atoms with van der Waals surface area (Å²) in [6.45, 7) is 13.2. The summed E-state index contributed by atoms with van der Waals surface area (Å²) in [4.78, 5) is 31.2. The maximum atomic E-state index is 13.6. The second kappa shape index (κ2) is 12.1. The van der Waals surface area contributed by atoms with Crippen molar-refractivity contribution in [3.05, 3.63) is 21.7 Å². The van der Waals surface area contributed by atoms with Crippen molar-refractivity contribution >= 4 is 29.2 Å². The molecule has 2 N–H and O–H groups in total. The van der Waals surface area contributed by atoms with Crippen LogP contribution >= 0.6 is 11.3 Å². The molecule has 208 valence electrons. The first-order valence-electron chi connectivity index (χ1n) is 13.7. The molecule has 0 bridgehead atoms. The molecular formula is C29H45NO6S. The monoisotopic (exact) mass is 535 g/mol. The van der Waals surface area contributed by atoms with E-state index in [-0.39, 0.29) is 29.8 Å². The lowest BCUT2D eigenvalue weighted by atomic mass is 9.71. The Kier molecular flexibility index (Phi) is 9.76. The maximum Gasteiger partial charge on any atom is 0.309 e. The second-order valence-electron chi connectivity index (χ2n) is 11.9. The first-order valence-corrected chi connectivity index (χ1v) is 14.5. The quantitative estimate of drug-likeness (QED) is 0.400. The maximum absolute atomic E-state index is 13.6. The lowest BCUT2D eigenvalue weighted by molar-refractivity contribution is -0.154. The molecule has 7 atom stereocenters. The highest BCUT2D eigenvalue weighted by Crippen LogP contribution is 2.45. The molecule has 3 heterocycles. The van der Waals surface area contributed by atoms with Crippen LogP contribution in [0.15, 0.2) is 11.0 Å². The van der Waals surface area contributed by atoms with Crippen molar-refractivity contribution in [2.24, 2.45) is 17.3 Å². The summed E-state index contributed by atoms with van der Waals surface area (Å²) in [6.07, 6.45) is 3.32. The van der Waals surface area contributed by atoms with Gasteiger partial charge in [0, 0.05) is 17.7 Å². The zero-order valence-corrected chi connectivity index (χ0v) is 24.3. The summed E-state index contributed by atoms with van der Waals surface area (Å²) < 4.78 is 12.0. The number of hydrogen-bond acceptors (Lipinski definition) is 8. The number of ether oxygens (including phenoxy) is 2. The smallest absolute Gasteiger partial charge is 0.309 e. The molecule has 2 aliphatic rings. The van der Waals surface area contributed by atoms with Crippen molar-refractivity contribution in [3.8, 4) is 0 Å². The topological polar surface area (TPSA) is 109 Å². The minimum Gasteiger partial charge on any atom is -0.458 e. The van der Waals surface area contributed by atoms with E-state index in [1.54, 1.807) is 25.2 Å². The fourth-order valence-corrected chi connectivity index (χ4v) is 6.04.